The Morgan fingerprint density at radius 2 is 1.64 bits per heavy atom. The summed E-state index contributed by atoms with van der Waals surface area (Å²) >= 11 is 2.18. The zero-order valence-corrected chi connectivity index (χ0v) is 9.04. The molecule has 0 radical (unpaired) electrons. The number of nitrogens with zero attached hydrogens (tertiary/aromatic N) is 1. The highest BCUT2D eigenvalue weighted by atomic mass is 127. The largest absolute Gasteiger partial charge is 0.329 e. The van der Waals surface area contributed by atoms with Crippen LogP contribution in [-0.4, -0.2) is 34.7 Å². The van der Waals surface area contributed by atoms with Crippen molar-refractivity contribution in [1.29, 1.82) is 0 Å². The Labute approximate surface area is 81.6 Å². The van der Waals surface area contributed by atoms with Gasteiger partial charge in [0.25, 0.3) is 0 Å². The molecule has 0 spiro atoms. The van der Waals surface area contributed by atoms with Crippen LogP contribution in [0.3, 0.4) is 0 Å². The van der Waals surface area contributed by atoms with Gasteiger partial charge in [0.1, 0.15) is 3.67 Å². The van der Waals surface area contributed by atoms with E-state index in [1.54, 1.807) is 0 Å². The molecule has 0 amide bonds. The molecule has 0 saturated carbocycles. The van der Waals surface area contributed by atoms with Crippen molar-refractivity contribution in [2.45, 2.75) is 10.6 Å². The van der Waals surface area contributed by atoms with E-state index in [4.69, 9.17) is 17.2 Å². The van der Waals surface area contributed by atoms with E-state index in [2.05, 4.69) is 27.5 Å². The molecule has 0 aromatic rings. The van der Waals surface area contributed by atoms with Gasteiger partial charge >= 0.3 is 0 Å². The van der Waals surface area contributed by atoms with Gasteiger partial charge in [-0.25, -0.2) is 0 Å². The first-order valence-corrected chi connectivity index (χ1v) is 4.73. The smallest absolute Gasteiger partial charge is 0.119 e. The lowest BCUT2D eigenvalue weighted by Gasteiger charge is -2.32. The predicted octanol–water partition coefficient (Wildman–Crippen LogP) is -0.727. The van der Waals surface area contributed by atoms with E-state index in [0.29, 0.717) is 13.1 Å². The molecule has 0 aromatic carbocycles. The van der Waals surface area contributed by atoms with E-state index in [0.717, 1.165) is 13.1 Å². The molecule has 4 nitrogen and oxygen atoms in total. The molecule has 0 bridgehead atoms. The highest BCUT2D eigenvalue weighted by molar-refractivity contribution is 14.1. The van der Waals surface area contributed by atoms with Crippen LogP contribution in [-0.2, 0) is 0 Å². The minimum absolute atomic E-state index is 0.337. The molecule has 6 N–H and O–H groups in total. The Kier molecular flexibility index (Phi) is 5.53. The minimum atomic E-state index is -0.337. The van der Waals surface area contributed by atoms with Crippen LogP contribution < -0.4 is 17.2 Å². The first-order valence-electron chi connectivity index (χ1n) is 3.65. The van der Waals surface area contributed by atoms with Gasteiger partial charge in [0.2, 0.25) is 0 Å². The van der Waals surface area contributed by atoms with Crippen LogP contribution in [0.2, 0.25) is 0 Å². The zero-order chi connectivity index (χ0) is 8.91. The fraction of sp³-hybridized carbons (Fsp3) is 1.00. The van der Waals surface area contributed by atoms with Crippen molar-refractivity contribution in [2.24, 2.45) is 17.2 Å². The standard InChI is InChI=1S/C6H17IN4/c1-6(7,10)11(4-2-8)5-3-9/h2-5,8-10H2,1H3. The van der Waals surface area contributed by atoms with Crippen molar-refractivity contribution in [1.82, 2.24) is 4.90 Å². The predicted molar refractivity (Wildman–Crippen MR) is 56.3 cm³/mol. The molecule has 0 saturated heterocycles. The quantitative estimate of drug-likeness (QED) is 0.267. The molecule has 0 rings (SSSR count). The van der Waals surface area contributed by atoms with Gasteiger partial charge in [-0.3, -0.25) is 4.90 Å². The molecule has 0 aromatic heterocycles. The van der Waals surface area contributed by atoms with Crippen molar-refractivity contribution >= 4 is 22.6 Å². The van der Waals surface area contributed by atoms with Gasteiger partial charge in [0, 0.05) is 26.2 Å². The van der Waals surface area contributed by atoms with Crippen molar-refractivity contribution in [2.75, 3.05) is 26.2 Å². The third-order valence-electron chi connectivity index (χ3n) is 1.42. The van der Waals surface area contributed by atoms with E-state index in [-0.39, 0.29) is 3.67 Å². The molecular formula is C6H17IN4. The van der Waals surface area contributed by atoms with Gasteiger partial charge < -0.3 is 17.2 Å². The van der Waals surface area contributed by atoms with Crippen LogP contribution in [0.1, 0.15) is 6.92 Å². The van der Waals surface area contributed by atoms with Crippen LogP contribution >= 0.6 is 22.6 Å². The molecule has 5 heteroatoms. The molecule has 1 unspecified atom stereocenters. The maximum absolute atomic E-state index is 5.85. The lowest BCUT2D eigenvalue weighted by molar-refractivity contribution is 0.212. The van der Waals surface area contributed by atoms with E-state index in [1.165, 1.54) is 0 Å². The SMILES string of the molecule is CC(N)(I)N(CCN)CCN. The Morgan fingerprint density at radius 3 is 1.82 bits per heavy atom. The summed E-state index contributed by atoms with van der Waals surface area (Å²) in [5.74, 6) is 0. The topological polar surface area (TPSA) is 81.3 Å². The highest BCUT2D eigenvalue weighted by Crippen LogP contribution is 2.14. The summed E-state index contributed by atoms with van der Waals surface area (Å²) in [7, 11) is 0. The number of rotatable bonds is 5. The average Bonchev–Trinajstić information content (AvgIpc) is 1.85. The molecule has 0 aliphatic rings. The molecule has 0 heterocycles. The van der Waals surface area contributed by atoms with Gasteiger partial charge in [0.05, 0.1) is 0 Å². The van der Waals surface area contributed by atoms with Crippen molar-refractivity contribution in [3.05, 3.63) is 0 Å². The highest BCUT2D eigenvalue weighted by Gasteiger charge is 2.21. The fourth-order valence-electron chi connectivity index (χ4n) is 0.861. The third kappa shape index (κ3) is 4.91. The molecule has 0 aliphatic carbocycles. The second-order valence-electron chi connectivity index (χ2n) is 2.59. The van der Waals surface area contributed by atoms with E-state index < -0.39 is 0 Å². The number of halogens is 1. The second-order valence-corrected chi connectivity index (χ2v) is 4.77. The summed E-state index contributed by atoms with van der Waals surface area (Å²) in [6.07, 6.45) is 0. The number of hydrogen-bond acceptors (Lipinski definition) is 4. The molecular weight excluding hydrogens is 255 g/mol. The van der Waals surface area contributed by atoms with Crippen LogP contribution in [0.25, 0.3) is 0 Å². The summed E-state index contributed by atoms with van der Waals surface area (Å²) < 4.78 is -0.337. The molecule has 0 aliphatic heterocycles. The lowest BCUT2D eigenvalue weighted by atomic mass is 10.4. The summed E-state index contributed by atoms with van der Waals surface area (Å²) in [6.45, 7) is 4.78. The molecule has 1 atom stereocenters. The van der Waals surface area contributed by atoms with Crippen LogP contribution in [0.15, 0.2) is 0 Å². The van der Waals surface area contributed by atoms with E-state index in [9.17, 15) is 0 Å². The summed E-state index contributed by atoms with van der Waals surface area (Å²) in [4.78, 5) is 2.06. The maximum atomic E-state index is 5.85. The van der Waals surface area contributed by atoms with E-state index >= 15 is 0 Å². The van der Waals surface area contributed by atoms with Gasteiger partial charge in [-0.2, -0.15) is 0 Å². The van der Waals surface area contributed by atoms with Crippen LogP contribution in [0, 0.1) is 0 Å². The normalized spacial score (nSPS) is 16.9. The third-order valence-corrected chi connectivity index (χ3v) is 2.10. The number of alkyl halides is 1. The van der Waals surface area contributed by atoms with E-state index in [1.807, 2.05) is 6.92 Å². The van der Waals surface area contributed by atoms with Gasteiger partial charge in [-0.15, -0.1) is 0 Å². The van der Waals surface area contributed by atoms with Crippen LogP contribution in [0.5, 0.6) is 0 Å². The Bertz CT molecular complexity index is 95.2. The summed E-state index contributed by atoms with van der Waals surface area (Å²) in [5, 5.41) is 0. The lowest BCUT2D eigenvalue weighted by Crippen LogP contribution is -2.52. The van der Waals surface area contributed by atoms with Crippen molar-refractivity contribution in [3.8, 4) is 0 Å². The first kappa shape index (κ1) is 11.6. The average molecular weight is 272 g/mol. The molecule has 68 valence electrons. The van der Waals surface area contributed by atoms with Gasteiger partial charge in [-0.05, 0) is 29.5 Å². The van der Waals surface area contributed by atoms with Gasteiger partial charge in [-0.1, -0.05) is 0 Å². The second kappa shape index (κ2) is 5.26. The van der Waals surface area contributed by atoms with Gasteiger partial charge in [0.15, 0.2) is 0 Å². The Morgan fingerprint density at radius 1 is 1.27 bits per heavy atom. The zero-order valence-electron chi connectivity index (χ0n) is 6.89. The number of nitrogens with two attached hydrogens (primary N) is 3. The Balaban J connectivity index is 3.88. The number of hydrogen-bond donors (Lipinski definition) is 3. The van der Waals surface area contributed by atoms with Crippen molar-refractivity contribution < 1.29 is 0 Å². The first-order chi connectivity index (χ1) is 5.02. The minimum Gasteiger partial charge on any atom is -0.329 e. The monoisotopic (exact) mass is 272 g/mol. The summed E-state index contributed by atoms with van der Waals surface area (Å²) in [6, 6.07) is 0. The maximum Gasteiger partial charge on any atom is 0.119 e. The summed E-state index contributed by atoms with van der Waals surface area (Å²) in [5.41, 5.74) is 16.7. The van der Waals surface area contributed by atoms with Crippen molar-refractivity contribution in [3.63, 3.8) is 0 Å². The fourth-order valence-corrected chi connectivity index (χ4v) is 1.34. The molecule has 0 fully saturated rings. The molecule has 11 heavy (non-hydrogen) atoms. The van der Waals surface area contributed by atoms with Crippen LogP contribution in [0.4, 0.5) is 0 Å². The Hall–Kier alpha value is 0.570.